The second-order valence-corrected chi connectivity index (χ2v) is 4.35. The Kier molecular flexibility index (Phi) is 6.32. The molecule has 2 atom stereocenters. The number of carbonyl (C=O) groups is 1. The van der Waals surface area contributed by atoms with Gasteiger partial charge in [0.05, 0.1) is 26.2 Å². The topological polar surface area (TPSA) is 67.8 Å². The molecule has 0 aliphatic heterocycles. The molecule has 0 aliphatic carbocycles. The van der Waals surface area contributed by atoms with Crippen LogP contribution in [0.2, 0.25) is 0 Å². The molecular weight excluding hydrogens is 246 g/mol. The first-order valence-electron chi connectivity index (χ1n) is 6.18. The average Bonchev–Trinajstić information content (AvgIpc) is 2.43. The quantitative estimate of drug-likeness (QED) is 0.720. The molecule has 19 heavy (non-hydrogen) atoms. The Hall–Kier alpha value is -1.59. The summed E-state index contributed by atoms with van der Waals surface area (Å²) < 4.78 is 9.73. The molecule has 0 radical (unpaired) electrons. The minimum atomic E-state index is -0.740. The van der Waals surface area contributed by atoms with Crippen LogP contribution in [0.1, 0.15) is 12.5 Å². The number of benzene rings is 1. The van der Waals surface area contributed by atoms with E-state index in [0.29, 0.717) is 13.1 Å². The lowest BCUT2D eigenvalue weighted by Crippen LogP contribution is -2.36. The van der Waals surface area contributed by atoms with E-state index in [2.05, 4.69) is 10.1 Å². The molecule has 0 amide bonds. The van der Waals surface area contributed by atoms with Crippen molar-refractivity contribution in [2.75, 3.05) is 20.8 Å². The fourth-order valence-electron chi connectivity index (χ4n) is 1.72. The number of nitrogens with one attached hydrogen (secondary N) is 1. The maximum absolute atomic E-state index is 11.4. The van der Waals surface area contributed by atoms with E-state index in [1.54, 1.807) is 14.0 Å². The van der Waals surface area contributed by atoms with Gasteiger partial charge in [0.1, 0.15) is 5.75 Å². The Morgan fingerprint density at radius 1 is 1.32 bits per heavy atom. The summed E-state index contributed by atoms with van der Waals surface area (Å²) >= 11 is 0. The Morgan fingerprint density at radius 3 is 2.42 bits per heavy atom. The summed E-state index contributed by atoms with van der Waals surface area (Å²) in [7, 11) is 2.94. The smallest absolute Gasteiger partial charge is 0.312 e. The molecule has 5 nitrogen and oxygen atoms in total. The number of hydrogen-bond donors (Lipinski definition) is 2. The molecule has 0 saturated heterocycles. The Morgan fingerprint density at radius 2 is 1.95 bits per heavy atom. The highest BCUT2D eigenvalue weighted by atomic mass is 16.5. The number of methoxy groups -OCH3 is 2. The molecule has 0 heterocycles. The Bertz CT molecular complexity index is 389. The lowest BCUT2D eigenvalue weighted by molar-refractivity contribution is -0.148. The number of aliphatic hydroxyl groups excluding tert-OH is 1. The van der Waals surface area contributed by atoms with Crippen molar-refractivity contribution in [2.24, 2.45) is 5.92 Å². The third kappa shape index (κ3) is 4.89. The van der Waals surface area contributed by atoms with Gasteiger partial charge in [0.2, 0.25) is 0 Å². The summed E-state index contributed by atoms with van der Waals surface area (Å²) in [4.78, 5) is 11.4. The van der Waals surface area contributed by atoms with Crippen molar-refractivity contribution in [3.05, 3.63) is 29.8 Å². The summed E-state index contributed by atoms with van der Waals surface area (Å²) in [6, 6.07) is 7.65. The molecule has 0 unspecified atom stereocenters. The van der Waals surface area contributed by atoms with Crippen molar-refractivity contribution in [3.63, 3.8) is 0 Å². The van der Waals surface area contributed by atoms with E-state index in [1.807, 2.05) is 24.3 Å². The molecule has 5 heteroatoms. The highest BCUT2D eigenvalue weighted by Gasteiger charge is 2.23. The van der Waals surface area contributed by atoms with Gasteiger partial charge in [0.15, 0.2) is 0 Å². The van der Waals surface area contributed by atoms with Crippen LogP contribution in [0, 0.1) is 5.92 Å². The van der Waals surface area contributed by atoms with E-state index in [9.17, 15) is 9.90 Å². The first-order chi connectivity index (χ1) is 9.08. The lowest BCUT2D eigenvalue weighted by Gasteiger charge is -2.18. The van der Waals surface area contributed by atoms with E-state index in [4.69, 9.17) is 4.74 Å². The molecule has 0 saturated carbocycles. The molecule has 2 N–H and O–H groups in total. The first-order valence-corrected chi connectivity index (χ1v) is 6.18. The van der Waals surface area contributed by atoms with Crippen LogP contribution >= 0.6 is 0 Å². The largest absolute Gasteiger partial charge is 0.497 e. The van der Waals surface area contributed by atoms with Gasteiger partial charge in [0, 0.05) is 13.1 Å². The van der Waals surface area contributed by atoms with Crippen LogP contribution in [0.4, 0.5) is 0 Å². The third-order valence-electron chi connectivity index (χ3n) is 2.94. The van der Waals surface area contributed by atoms with Crippen LogP contribution in [0.25, 0.3) is 0 Å². The number of ether oxygens (including phenoxy) is 2. The maximum atomic E-state index is 11.4. The number of esters is 1. The second-order valence-electron chi connectivity index (χ2n) is 4.35. The van der Waals surface area contributed by atoms with Crippen LogP contribution in [0.5, 0.6) is 5.75 Å². The normalized spacial score (nSPS) is 13.7. The number of hydrogen-bond acceptors (Lipinski definition) is 5. The highest BCUT2D eigenvalue weighted by molar-refractivity contribution is 5.73. The van der Waals surface area contributed by atoms with Crippen molar-refractivity contribution < 1.29 is 19.4 Å². The van der Waals surface area contributed by atoms with Crippen molar-refractivity contribution in [3.8, 4) is 5.75 Å². The zero-order chi connectivity index (χ0) is 14.3. The zero-order valence-corrected chi connectivity index (χ0v) is 11.6. The van der Waals surface area contributed by atoms with Crippen molar-refractivity contribution >= 4 is 5.97 Å². The fraction of sp³-hybridized carbons (Fsp3) is 0.500. The highest BCUT2D eigenvalue weighted by Crippen LogP contribution is 2.11. The molecular formula is C14H21NO4. The zero-order valence-electron chi connectivity index (χ0n) is 11.6. The fourth-order valence-corrected chi connectivity index (χ4v) is 1.72. The van der Waals surface area contributed by atoms with Gasteiger partial charge in [0.25, 0.3) is 0 Å². The standard InChI is InChI=1S/C14H21NO4/c1-10(16)13(14(17)19-3)9-15-8-11-4-6-12(18-2)7-5-11/h4-7,10,13,15-16H,8-9H2,1-3H3/t10-,13-/m0/s1. The van der Waals surface area contributed by atoms with Crippen LogP contribution in [0.3, 0.4) is 0 Å². The SMILES string of the molecule is COC(=O)[C@@H](CNCc1ccc(OC)cc1)[C@H](C)O. The van der Waals surface area contributed by atoms with Crippen LogP contribution < -0.4 is 10.1 Å². The lowest BCUT2D eigenvalue weighted by atomic mass is 10.0. The van der Waals surface area contributed by atoms with Gasteiger partial charge in [-0.25, -0.2) is 0 Å². The predicted octanol–water partition coefficient (Wildman–Crippen LogP) is 0.955. The monoisotopic (exact) mass is 267 g/mol. The number of aliphatic hydroxyl groups is 1. The van der Waals surface area contributed by atoms with Crippen molar-refractivity contribution in [1.82, 2.24) is 5.32 Å². The van der Waals surface area contributed by atoms with Crippen LogP contribution in [-0.2, 0) is 16.1 Å². The second kappa shape index (κ2) is 7.76. The minimum Gasteiger partial charge on any atom is -0.497 e. The third-order valence-corrected chi connectivity index (χ3v) is 2.94. The summed E-state index contributed by atoms with van der Waals surface area (Å²) in [5, 5.41) is 12.7. The van der Waals surface area contributed by atoms with E-state index in [-0.39, 0.29) is 0 Å². The van der Waals surface area contributed by atoms with Gasteiger partial charge >= 0.3 is 5.97 Å². The summed E-state index contributed by atoms with van der Waals surface area (Å²) in [6.07, 6.45) is -0.740. The summed E-state index contributed by atoms with van der Waals surface area (Å²) in [6.45, 7) is 2.57. The maximum Gasteiger partial charge on any atom is 0.312 e. The van der Waals surface area contributed by atoms with Crippen LogP contribution in [0.15, 0.2) is 24.3 Å². The number of rotatable bonds is 7. The van der Waals surface area contributed by atoms with Crippen LogP contribution in [-0.4, -0.2) is 37.9 Å². The molecule has 1 rings (SSSR count). The summed E-state index contributed by atoms with van der Waals surface area (Å²) in [5.74, 6) is -0.152. The Balaban J connectivity index is 2.45. The van der Waals surface area contributed by atoms with Gasteiger partial charge in [-0.15, -0.1) is 0 Å². The van der Waals surface area contributed by atoms with E-state index < -0.39 is 18.0 Å². The first kappa shape index (κ1) is 15.5. The van der Waals surface area contributed by atoms with E-state index >= 15 is 0 Å². The molecule has 0 bridgehead atoms. The average molecular weight is 267 g/mol. The van der Waals surface area contributed by atoms with Gasteiger partial charge < -0.3 is 19.9 Å². The Labute approximate surface area is 113 Å². The molecule has 1 aromatic rings. The molecule has 0 fully saturated rings. The molecule has 1 aromatic carbocycles. The number of carbonyl (C=O) groups excluding carboxylic acids is 1. The predicted molar refractivity (Wildman–Crippen MR) is 71.9 cm³/mol. The van der Waals surface area contributed by atoms with Gasteiger partial charge in [-0.05, 0) is 24.6 Å². The molecule has 0 spiro atoms. The van der Waals surface area contributed by atoms with Crippen molar-refractivity contribution in [1.29, 1.82) is 0 Å². The van der Waals surface area contributed by atoms with Gasteiger partial charge in [-0.3, -0.25) is 4.79 Å². The molecule has 106 valence electrons. The minimum absolute atomic E-state index is 0.371. The van der Waals surface area contributed by atoms with Gasteiger partial charge in [-0.1, -0.05) is 12.1 Å². The van der Waals surface area contributed by atoms with Gasteiger partial charge in [-0.2, -0.15) is 0 Å². The molecule has 0 aromatic heterocycles. The van der Waals surface area contributed by atoms with E-state index in [0.717, 1.165) is 11.3 Å². The molecule has 0 aliphatic rings. The summed E-state index contributed by atoms with van der Waals surface area (Å²) in [5.41, 5.74) is 1.08. The van der Waals surface area contributed by atoms with E-state index in [1.165, 1.54) is 7.11 Å². The van der Waals surface area contributed by atoms with Crippen molar-refractivity contribution in [2.45, 2.75) is 19.6 Å².